The van der Waals surface area contributed by atoms with Crippen LogP contribution in [0.25, 0.3) is 11.1 Å². The highest BCUT2D eigenvalue weighted by Gasteiger charge is 2.45. The van der Waals surface area contributed by atoms with Crippen LogP contribution in [0.4, 0.5) is 5.69 Å². The van der Waals surface area contributed by atoms with E-state index in [0.29, 0.717) is 28.8 Å². The normalized spacial score (nSPS) is 16.9. The Kier molecular flexibility index (Phi) is 7.93. The van der Waals surface area contributed by atoms with Crippen molar-refractivity contribution in [2.24, 2.45) is 5.41 Å². The summed E-state index contributed by atoms with van der Waals surface area (Å²) in [6.07, 6.45) is 3.62. The topological polar surface area (TPSA) is 91.8 Å². The summed E-state index contributed by atoms with van der Waals surface area (Å²) < 4.78 is 6.18. The van der Waals surface area contributed by atoms with Gasteiger partial charge in [0.25, 0.3) is 5.91 Å². The number of carboxylic acid groups (broad SMARTS) is 1. The van der Waals surface area contributed by atoms with E-state index < -0.39 is 17.7 Å². The van der Waals surface area contributed by atoms with Crippen LogP contribution in [0.15, 0.2) is 54.6 Å². The number of aryl methyl sites for hydroxylation is 2. The van der Waals surface area contributed by atoms with Crippen molar-refractivity contribution in [3.05, 3.63) is 82.7 Å². The van der Waals surface area contributed by atoms with Crippen molar-refractivity contribution < 1.29 is 19.4 Å². The standard InChI is InChI=1S/C34H41N3O4/c1-22-27(25-11-13-26(14-12-25)31(38)35-21-24-9-7-6-8-10-24)29(37-19-17-34(15-16-34)18-20-37)28(23(2)36-22)30(32(39)40)41-33(3,4)5/h6-14,30H,15-21H2,1-5H3,(H,35,38)(H,39,40). The first kappa shape index (κ1) is 28.8. The Balaban J connectivity index is 1.53. The molecular formula is C34H41N3O4. The molecule has 1 aliphatic carbocycles. The van der Waals surface area contributed by atoms with Gasteiger partial charge in [0.15, 0.2) is 6.10 Å². The van der Waals surface area contributed by atoms with Crippen molar-refractivity contribution in [1.29, 1.82) is 0 Å². The number of hydrogen-bond acceptors (Lipinski definition) is 5. The number of ether oxygens (including phenoxy) is 1. The first-order valence-electron chi connectivity index (χ1n) is 14.6. The molecule has 1 saturated carbocycles. The van der Waals surface area contributed by atoms with E-state index in [9.17, 15) is 14.7 Å². The summed E-state index contributed by atoms with van der Waals surface area (Å²) >= 11 is 0. The molecule has 1 amide bonds. The minimum absolute atomic E-state index is 0.143. The third-order valence-corrected chi connectivity index (χ3v) is 8.37. The molecule has 1 aromatic heterocycles. The van der Waals surface area contributed by atoms with Gasteiger partial charge in [-0.1, -0.05) is 42.5 Å². The molecule has 7 nitrogen and oxygen atoms in total. The van der Waals surface area contributed by atoms with Crippen LogP contribution >= 0.6 is 0 Å². The second-order valence-corrected chi connectivity index (χ2v) is 12.6. The fourth-order valence-electron chi connectivity index (χ4n) is 5.97. The van der Waals surface area contributed by atoms with Crippen molar-refractivity contribution in [1.82, 2.24) is 10.3 Å². The molecule has 41 heavy (non-hydrogen) atoms. The molecule has 1 spiro atoms. The Labute approximate surface area is 242 Å². The first-order chi connectivity index (χ1) is 19.5. The van der Waals surface area contributed by atoms with Crippen LogP contribution in [0.2, 0.25) is 0 Å². The molecule has 0 radical (unpaired) electrons. The van der Waals surface area contributed by atoms with Crippen molar-refractivity contribution in [3.8, 4) is 11.1 Å². The van der Waals surface area contributed by atoms with Crippen LogP contribution < -0.4 is 10.2 Å². The average Bonchev–Trinajstić information content (AvgIpc) is 3.69. The van der Waals surface area contributed by atoms with Gasteiger partial charge in [0.2, 0.25) is 0 Å². The quantitative estimate of drug-likeness (QED) is 0.325. The monoisotopic (exact) mass is 555 g/mol. The van der Waals surface area contributed by atoms with E-state index in [1.807, 2.05) is 89.2 Å². The predicted molar refractivity (Wildman–Crippen MR) is 161 cm³/mol. The molecule has 2 fully saturated rings. The summed E-state index contributed by atoms with van der Waals surface area (Å²) in [5, 5.41) is 13.4. The van der Waals surface area contributed by atoms with Crippen molar-refractivity contribution in [3.63, 3.8) is 0 Å². The lowest BCUT2D eigenvalue weighted by atomic mass is 9.89. The maximum atomic E-state index is 12.9. The number of piperidine rings is 1. The van der Waals surface area contributed by atoms with E-state index >= 15 is 0 Å². The lowest BCUT2D eigenvalue weighted by Gasteiger charge is -2.38. The number of rotatable bonds is 8. The minimum atomic E-state index is -1.16. The van der Waals surface area contributed by atoms with Gasteiger partial charge in [0.1, 0.15) is 0 Å². The summed E-state index contributed by atoms with van der Waals surface area (Å²) in [7, 11) is 0. The first-order valence-corrected chi connectivity index (χ1v) is 14.6. The number of aliphatic carboxylic acids is 1. The van der Waals surface area contributed by atoms with E-state index in [-0.39, 0.29) is 5.91 Å². The predicted octanol–water partition coefficient (Wildman–Crippen LogP) is 6.62. The van der Waals surface area contributed by atoms with Gasteiger partial charge in [-0.3, -0.25) is 9.78 Å². The summed E-state index contributed by atoms with van der Waals surface area (Å²) in [6.45, 7) is 11.7. The van der Waals surface area contributed by atoms with Crippen molar-refractivity contribution in [2.45, 2.75) is 78.6 Å². The largest absolute Gasteiger partial charge is 0.479 e. The molecule has 0 bridgehead atoms. The average molecular weight is 556 g/mol. The Hall–Kier alpha value is -3.71. The summed E-state index contributed by atoms with van der Waals surface area (Å²) in [5.41, 5.74) is 6.22. The molecule has 1 saturated heterocycles. The van der Waals surface area contributed by atoms with Gasteiger partial charge >= 0.3 is 5.97 Å². The van der Waals surface area contributed by atoms with Gasteiger partial charge in [0, 0.05) is 47.7 Å². The molecule has 7 heteroatoms. The number of carbonyl (C=O) groups is 2. The molecule has 2 aromatic carbocycles. The highest BCUT2D eigenvalue weighted by atomic mass is 16.5. The zero-order valence-corrected chi connectivity index (χ0v) is 24.8. The van der Waals surface area contributed by atoms with Crippen LogP contribution in [-0.2, 0) is 16.1 Å². The van der Waals surface area contributed by atoms with E-state index in [4.69, 9.17) is 9.72 Å². The molecule has 2 heterocycles. The maximum Gasteiger partial charge on any atom is 0.337 e. The Morgan fingerprint density at radius 1 is 0.976 bits per heavy atom. The highest BCUT2D eigenvalue weighted by molar-refractivity contribution is 5.95. The molecule has 1 unspecified atom stereocenters. The van der Waals surface area contributed by atoms with Gasteiger partial charge in [-0.05, 0) is 89.0 Å². The molecule has 5 rings (SSSR count). The molecule has 2 aliphatic rings. The molecule has 3 aromatic rings. The van der Waals surface area contributed by atoms with Crippen LogP contribution in [0.3, 0.4) is 0 Å². The van der Waals surface area contributed by atoms with Crippen molar-refractivity contribution >= 4 is 17.6 Å². The van der Waals surface area contributed by atoms with Gasteiger partial charge in [0.05, 0.1) is 11.3 Å². The van der Waals surface area contributed by atoms with Gasteiger partial charge in [-0.25, -0.2) is 4.79 Å². The van der Waals surface area contributed by atoms with E-state index in [1.165, 1.54) is 12.8 Å². The SMILES string of the molecule is Cc1nc(C)c(C(OC(C)(C)C)C(=O)O)c(N2CCC3(CC2)CC3)c1-c1ccc(C(=O)NCc2ccccc2)cc1. The number of pyridine rings is 1. The van der Waals surface area contributed by atoms with E-state index in [2.05, 4.69) is 10.2 Å². The third-order valence-electron chi connectivity index (χ3n) is 8.37. The fourth-order valence-corrected chi connectivity index (χ4v) is 5.97. The van der Waals surface area contributed by atoms with Crippen LogP contribution in [0.1, 0.15) is 85.4 Å². The van der Waals surface area contributed by atoms with Gasteiger partial charge in [-0.15, -0.1) is 0 Å². The molecular weight excluding hydrogens is 514 g/mol. The minimum Gasteiger partial charge on any atom is -0.479 e. The second-order valence-electron chi connectivity index (χ2n) is 12.6. The Morgan fingerprint density at radius 2 is 1.61 bits per heavy atom. The molecule has 1 aliphatic heterocycles. The third kappa shape index (κ3) is 6.46. The zero-order chi connectivity index (χ0) is 29.4. The second kappa shape index (κ2) is 11.3. The fraction of sp³-hybridized carbons (Fsp3) is 0.441. The number of amides is 1. The summed E-state index contributed by atoms with van der Waals surface area (Å²) in [5.74, 6) is -1.17. The molecule has 216 valence electrons. The van der Waals surface area contributed by atoms with Crippen LogP contribution in [-0.4, -0.2) is 40.7 Å². The molecule has 1 atom stereocenters. The van der Waals surface area contributed by atoms with Crippen LogP contribution in [0, 0.1) is 19.3 Å². The summed E-state index contributed by atoms with van der Waals surface area (Å²) in [4.78, 5) is 32.8. The smallest absolute Gasteiger partial charge is 0.337 e. The number of carbonyl (C=O) groups excluding carboxylic acids is 1. The van der Waals surface area contributed by atoms with Crippen molar-refractivity contribution in [2.75, 3.05) is 18.0 Å². The summed E-state index contributed by atoms with van der Waals surface area (Å²) in [6, 6.07) is 17.4. The molecule has 2 N–H and O–H groups in total. The van der Waals surface area contributed by atoms with Gasteiger partial charge < -0.3 is 20.1 Å². The number of anilines is 1. The number of carboxylic acids is 1. The lowest BCUT2D eigenvalue weighted by Crippen LogP contribution is -2.37. The number of nitrogens with zero attached hydrogens (tertiary/aromatic N) is 2. The number of hydrogen-bond donors (Lipinski definition) is 2. The Morgan fingerprint density at radius 3 is 2.17 bits per heavy atom. The number of aromatic nitrogens is 1. The van der Waals surface area contributed by atoms with E-state index in [1.54, 1.807) is 0 Å². The highest BCUT2D eigenvalue weighted by Crippen LogP contribution is 2.55. The van der Waals surface area contributed by atoms with Gasteiger partial charge in [-0.2, -0.15) is 0 Å². The maximum absolute atomic E-state index is 12.9. The zero-order valence-electron chi connectivity index (χ0n) is 24.8. The lowest BCUT2D eigenvalue weighted by molar-refractivity contribution is -0.160. The van der Waals surface area contributed by atoms with E-state index in [0.717, 1.165) is 54.0 Å². The Bertz CT molecular complexity index is 1410. The number of nitrogens with one attached hydrogen (secondary N) is 1. The van der Waals surface area contributed by atoms with Crippen LogP contribution in [0.5, 0.6) is 0 Å². The number of benzene rings is 2.